The summed E-state index contributed by atoms with van der Waals surface area (Å²) in [6.07, 6.45) is 2.35. The largest absolute Gasteiger partial charge is 0.372 e. The van der Waals surface area contributed by atoms with Crippen molar-refractivity contribution >= 4 is 45.8 Å². The lowest BCUT2D eigenvalue weighted by Crippen LogP contribution is -2.32. The lowest BCUT2D eigenvalue weighted by molar-refractivity contribution is -0.120. The number of carbonyl (C=O) groups is 2. The Hall–Kier alpha value is -3.45. The quantitative estimate of drug-likeness (QED) is 0.583. The maximum Gasteiger partial charge on any atom is 0.282 e. The molecule has 1 saturated heterocycles. The minimum atomic E-state index is -0.452. The second kappa shape index (κ2) is 8.00. The zero-order valence-electron chi connectivity index (χ0n) is 16.7. The number of imide groups is 1. The van der Waals surface area contributed by atoms with Crippen molar-refractivity contribution in [1.82, 2.24) is 0 Å². The molecule has 5 nitrogen and oxygen atoms in total. The molecule has 2 aliphatic heterocycles. The molecule has 3 aromatic rings. The molecule has 2 aromatic carbocycles. The fourth-order valence-electron chi connectivity index (χ4n) is 4.03. The molecule has 0 radical (unpaired) electrons. The van der Waals surface area contributed by atoms with Crippen molar-refractivity contribution in [3.05, 3.63) is 82.4 Å². The van der Waals surface area contributed by atoms with E-state index in [1.54, 1.807) is 30.3 Å². The summed E-state index contributed by atoms with van der Waals surface area (Å²) in [6.45, 7) is 2.04. The fourth-order valence-corrected chi connectivity index (χ4v) is 4.80. The number of rotatable bonds is 5. The number of nitrogens with one attached hydrogen (secondary N) is 1. The minimum absolute atomic E-state index is 0.154. The molecule has 0 bridgehead atoms. The molecule has 156 valence electrons. The van der Waals surface area contributed by atoms with Crippen LogP contribution in [0.3, 0.4) is 0 Å². The molecular weight excluding hydrogens is 413 g/mol. The van der Waals surface area contributed by atoms with Crippen LogP contribution in [0.4, 0.5) is 21.5 Å². The lowest BCUT2D eigenvalue weighted by Gasteiger charge is -2.20. The highest BCUT2D eigenvalue weighted by Crippen LogP contribution is 2.36. The first kappa shape index (κ1) is 19.5. The summed E-state index contributed by atoms with van der Waals surface area (Å²) in [5.74, 6) is -1.26. The molecule has 3 heterocycles. The summed E-state index contributed by atoms with van der Waals surface area (Å²) in [5, 5.41) is 4.84. The van der Waals surface area contributed by atoms with Crippen LogP contribution in [0.1, 0.15) is 17.7 Å². The highest BCUT2D eigenvalue weighted by Gasteiger charge is 2.40. The number of hydrogen-bond acceptors (Lipinski definition) is 5. The van der Waals surface area contributed by atoms with Gasteiger partial charge in [0.25, 0.3) is 11.8 Å². The number of nitrogens with zero attached hydrogens (tertiary/aromatic N) is 2. The first-order chi connectivity index (χ1) is 15.1. The summed E-state index contributed by atoms with van der Waals surface area (Å²) >= 11 is 1.38. The lowest BCUT2D eigenvalue weighted by atomic mass is 10.2. The molecule has 0 saturated carbocycles. The average molecular weight is 434 g/mol. The Balaban J connectivity index is 1.50. The van der Waals surface area contributed by atoms with Crippen LogP contribution in [-0.4, -0.2) is 24.9 Å². The van der Waals surface area contributed by atoms with Gasteiger partial charge in [-0.1, -0.05) is 12.1 Å². The van der Waals surface area contributed by atoms with Gasteiger partial charge in [0, 0.05) is 29.3 Å². The van der Waals surface area contributed by atoms with Crippen LogP contribution in [-0.2, 0) is 9.59 Å². The number of hydrogen-bond donors (Lipinski definition) is 1. The van der Waals surface area contributed by atoms with E-state index in [1.165, 1.54) is 41.2 Å². The van der Waals surface area contributed by atoms with Crippen molar-refractivity contribution in [3.63, 3.8) is 0 Å². The van der Waals surface area contributed by atoms with Gasteiger partial charge in [0.1, 0.15) is 11.5 Å². The first-order valence-corrected chi connectivity index (χ1v) is 11.0. The van der Waals surface area contributed by atoms with E-state index < -0.39 is 11.7 Å². The van der Waals surface area contributed by atoms with Crippen molar-refractivity contribution in [2.75, 3.05) is 28.2 Å². The van der Waals surface area contributed by atoms with E-state index in [2.05, 4.69) is 10.2 Å². The van der Waals surface area contributed by atoms with Crippen LogP contribution < -0.4 is 15.1 Å². The molecule has 0 unspecified atom stereocenters. The Labute approximate surface area is 183 Å². The summed E-state index contributed by atoms with van der Waals surface area (Å²) in [4.78, 5) is 30.9. The van der Waals surface area contributed by atoms with Crippen molar-refractivity contribution in [3.8, 4) is 0 Å². The SMILES string of the molecule is O=C1C(Nc2cccc(F)c2)=C(c2cccs2)C(=O)N1c1ccc(N2CCCC2)cc1. The Morgan fingerprint density at radius 3 is 2.29 bits per heavy atom. The standard InChI is InChI=1S/C24H20FN3O2S/c25-16-5-3-6-17(15-16)26-22-21(20-7-4-14-31-20)23(29)28(24(22)30)19-10-8-18(9-11-19)27-12-1-2-13-27/h3-11,14-15,26H,1-2,12-13H2. The number of benzene rings is 2. The number of carbonyl (C=O) groups excluding carboxylic acids is 2. The van der Waals surface area contributed by atoms with Gasteiger partial charge in [-0.05, 0) is 66.8 Å². The molecule has 1 N–H and O–H groups in total. The van der Waals surface area contributed by atoms with Gasteiger partial charge in [-0.25, -0.2) is 9.29 Å². The second-order valence-electron chi connectivity index (χ2n) is 7.52. The van der Waals surface area contributed by atoms with E-state index in [0.29, 0.717) is 21.8 Å². The summed E-state index contributed by atoms with van der Waals surface area (Å²) in [7, 11) is 0. The van der Waals surface area contributed by atoms with E-state index in [0.717, 1.165) is 18.8 Å². The Kier molecular flexibility index (Phi) is 5.03. The van der Waals surface area contributed by atoms with Crippen LogP contribution in [0.25, 0.3) is 5.57 Å². The van der Waals surface area contributed by atoms with E-state index in [9.17, 15) is 14.0 Å². The van der Waals surface area contributed by atoms with E-state index >= 15 is 0 Å². The molecule has 1 aromatic heterocycles. The maximum absolute atomic E-state index is 13.7. The Morgan fingerprint density at radius 1 is 0.871 bits per heavy atom. The van der Waals surface area contributed by atoms with Crippen molar-refractivity contribution < 1.29 is 14.0 Å². The van der Waals surface area contributed by atoms with Gasteiger partial charge in [0.05, 0.1) is 11.3 Å². The third kappa shape index (κ3) is 3.61. The van der Waals surface area contributed by atoms with Gasteiger partial charge >= 0.3 is 0 Å². The van der Waals surface area contributed by atoms with Gasteiger partial charge in [0.2, 0.25) is 0 Å². The van der Waals surface area contributed by atoms with Crippen LogP contribution >= 0.6 is 11.3 Å². The summed E-state index contributed by atoms with van der Waals surface area (Å²) in [6, 6.07) is 17.0. The van der Waals surface area contributed by atoms with Crippen molar-refractivity contribution in [2.45, 2.75) is 12.8 Å². The van der Waals surface area contributed by atoms with Crippen LogP contribution in [0.15, 0.2) is 71.7 Å². The predicted molar refractivity (Wildman–Crippen MR) is 122 cm³/mol. The molecule has 1 fully saturated rings. The van der Waals surface area contributed by atoms with Gasteiger partial charge < -0.3 is 10.2 Å². The molecule has 2 aliphatic rings. The number of anilines is 3. The molecule has 5 rings (SSSR count). The highest BCUT2D eigenvalue weighted by molar-refractivity contribution is 7.11. The molecular formula is C24H20FN3O2S. The van der Waals surface area contributed by atoms with E-state index in [-0.39, 0.29) is 11.6 Å². The zero-order valence-corrected chi connectivity index (χ0v) is 17.5. The third-order valence-corrected chi connectivity index (χ3v) is 6.41. The van der Waals surface area contributed by atoms with Crippen LogP contribution in [0.5, 0.6) is 0 Å². The number of amides is 2. The monoisotopic (exact) mass is 433 g/mol. The average Bonchev–Trinajstić information content (AvgIpc) is 3.52. The molecule has 2 amide bonds. The van der Waals surface area contributed by atoms with Gasteiger partial charge in [-0.3, -0.25) is 9.59 Å². The first-order valence-electron chi connectivity index (χ1n) is 10.2. The minimum Gasteiger partial charge on any atom is -0.372 e. The molecule has 0 aliphatic carbocycles. The van der Waals surface area contributed by atoms with Crippen molar-refractivity contribution in [1.29, 1.82) is 0 Å². The predicted octanol–water partition coefficient (Wildman–Crippen LogP) is 4.88. The maximum atomic E-state index is 13.7. The summed E-state index contributed by atoms with van der Waals surface area (Å²) < 4.78 is 13.7. The van der Waals surface area contributed by atoms with E-state index in [4.69, 9.17) is 0 Å². The highest BCUT2D eigenvalue weighted by atomic mass is 32.1. The number of halogens is 1. The van der Waals surface area contributed by atoms with Gasteiger partial charge in [-0.2, -0.15) is 0 Å². The molecule has 31 heavy (non-hydrogen) atoms. The van der Waals surface area contributed by atoms with Crippen molar-refractivity contribution in [2.24, 2.45) is 0 Å². The fraction of sp³-hybridized carbons (Fsp3) is 0.167. The summed E-state index contributed by atoms with van der Waals surface area (Å²) in [5.41, 5.74) is 2.47. The van der Waals surface area contributed by atoms with E-state index in [1.807, 2.05) is 23.6 Å². The number of thiophene rings is 1. The van der Waals surface area contributed by atoms with Crippen LogP contribution in [0, 0.1) is 5.82 Å². The Morgan fingerprint density at radius 2 is 1.61 bits per heavy atom. The van der Waals surface area contributed by atoms with Gasteiger partial charge in [-0.15, -0.1) is 11.3 Å². The normalized spacial score (nSPS) is 16.5. The zero-order chi connectivity index (χ0) is 21.4. The molecule has 7 heteroatoms. The topological polar surface area (TPSA) is 52.7 Å². The molecule has 0 spiro atoms. The Bertz CT molecular complexity index is 1170. The smallest absolute Gasteiger partial charge is 0.282 e. The van der Waals surface area contributed by atoms with Gasteiger partial charge in [0.15, 0.2) is 0 Å². The molecule has 0 atom stereocenters. The van der Waals surface area contributed by atoms with Crippen LogP contribution in [0.2, 0.25) is 0 Å². The third-order valence-electron chi connectivity index (χ3n) is 5.52. The second-order valence-corrected chi connectivity index (χ2v) is 8.47.